The number of likely N-dealkylation sites (N-methyl/N-ethyl adjacent to an activating group) is 1. The van der Waals surface area contributed by atoms with Gasteiger partial charge in [0.05, 0.1) is 12.1 Å². The maximum absolute atomic E-state index is 14.1. The first-order chi connectivity index (χ1) is 12.4. The third-order valence-corrected chi connectivity index (χ3v) is 4.41. The number of carbonyl (C=O) groups excluding carboxylic acids is 1. The van der Waals surface area contributed by atoms with Gasteiger partial charge in [0.15, 0.2) is 0 Å². The Balaban J connectivity index is 2.03. The second-order valence-corrected chi connectivity index (χ2v) is 6.18. The van der Waals surface area contributed by atoms with E-state index in [1.807, 2.05) is 0 Å². The molecule has 2 N–H and O–H groups in total. The Bertz CT molecular complexity index is 1000. The fourth-order valence-electron chi connectivity index (χ4n) is 2.98. The molecule has 0 aliphatic rings. The van der Waals surface area contributed by atoms with E-state index in [1.165, 1.54) is 17.0 Å². The maximum atomic E-state index is 14.1. The molecule has 0 atom stereocenters. The van der Waals surface area contributed by atoms with Crippen LogP contribution in [0.5, 0.6) is 0 Å². The number of benzene rings is 2. The van der Waals surface area contributed by atoms with Crippen molar-refractivity contribution in [1.82, 2.24) is 4.98 Å². The smallest absolute Gasteiger partial charge is 0.352 e. The monoisotopic (exact) mass is 374 g/mol. The van der Waals surface area contributed by atoms with E-state index in [0.29, 0.717) is 21.5 Å². The standard InChI is InChI=1S/C19H16ClFN2O3/c1-2-23(16-6-4-3-5-14(16)21)17(24)10-13-12-9-11(20)7-8-15(12)22-18(13)19(25)26/h3-9,22H,2,10H2,1H3,(H,25,26). The van der Waals surface area contributed by atoms with E-state index in [4.69, 9.17) is 11.6 Å². The molecule has 0 bridgehead atoms. The molecule has 3 rings (SSSR count). The van der Waals surface area contributed by atoms with Crippen LogP contribution in [0.1, 0.15) is 23.0 Å². The van der Waals surface area contributed by atoms with Gasteiger partial charge >= 0.3 is 5.97 Å². The summed E-state index contributed by atoms with van der Waals surface area (Å²) < 4.78 is 14.1. The number of H-pyrrole nitrogens is 1. The second-order valence-electron chi connectivity index (χ2n) is 5.74. The number of fused-ring (bicyclic) bond motifs is 1. The number of aromatic amines is 1. The third kappa shape index (κ3) is 3.28. The number of nitrogens with zero attached hydrogens (tertiary/aromatic N) is 1. The fourth-order valence-corrected chi connectivity index (χ4v) is 3.16. The zero-order chi connectivity index (χ0) is 18.8. The molecule has 0 unspecified atom stereocenters. The van der Waals surface area contributed by atoms with Crippen LogP contribution in [0.4, 0.5) is 10.1 Å². The number of aromatic carboxylic acids is 1. The molecular formula is C19H16ClFN2O3. The van der Waals surface area contributed by atoms with Crippen molar-refractivity contribution >= 4 is 40.1 Å². The van der Waals surface area contributed by atoms with Crippen molar-refractivity contribution in [1.29, 1.82) is 0 Å². The van der Waals surface area contributed by atoms with Crippen LogP contribution in [0.15, 0.2) is 42.5 Å². The van der Waals surface area contributed by atoms with Gasteiger partial charge in [0.25, 0.3) is 0 Å². The highest BCUT2D eigenvalue weighted by Crippen LogP contribution is 2.28. The molecule has 0 radical (unpaired) electrons. The molecule has 0 fully saturated rings. The highest BCUT2D eigenvalue weighted by Gasteiger charge is 2.23. The number of hydrogen-bond acceptors (Lipinski definition) is 2. The first-order valence-electron chi connectivity index (χ1n) is 8.00. The van der Waals surface area contributed by atoms with Crippen molar-refractivity contribution in [3.63, 3.8) is 0 Å². The number of nitrogens with one attached hydrogen (secondary N) is 1. The summed E-state index contributed by atoms with van der Waals surface area (Å²) >= 11 is 6.02. The highest BCUT2D eigenvalue weighted by atomic mass is 35.5. The lowest BCUT2D eigenvalue weighted by Gasteiger charge is -2.21. The minimum absolute atomic E-state index is 0.0693. The van der Waals surface area contributed by atoms with E-state index in [0.717, 1.165) is 0 Å². The number of hydrogen-bond donors (Lipinski definition) is 2. The number of para-hydroxylation sites is 1. The summed E-state index contributed by atoms with van der Waals surface area (Å²) in [5.74, 6) is -2.09. The Kier molecular flexibility index (Phi) is 4.95. The Morgan fingerprint density at radius 1 is 1.23 bits per heavy atom. The topological polar surface area (TPSA) is 73.4 Å². The first-order valence-corrected chi connectivity index (χ1v) is 8.38. The Morgan fingerprint density at radius 2 is 1.96 bits per heavy atom. The summed E-state index contributed by atoms with van der Waals surface area (Å²) in [5, 5.41) is 10.5. The van der Waals surface area contributed by atoms with Gasteiger partial charge in [-0.2, -0.15) is 0 Å². The van der Waals surface area contributed by atoms with Gasteiger partial charge in [0, 0.05) is 28.0 Å². The van der Waals surface area contributed by atoms with Gasteiger partial charge in [-0.25, -0.2) is 9.18 Å². The fraction of sp³-hybridized carbons (Fsp3) is 0.158. The van der Waals surface area contributed by atoms with Crippen LogP contribution < -0.4 is 4.90 Å². The van der Waals surface area contributed by atoms with Crippen LogP contribution in [0, 0.1) is 5.82 Å². The van der Waals surface area contributed by atoms with Crippen LogP contribution >= 0.6 is 11.6 Å². The first kappa shape index (κ1) is 17.9. The second kappa shape index (κ2) is 7.17. The molecule has 134 valence electrons. The number of amides is 1. The number of carbonyl (C=O) groups is 2. The molecule has 1 heterocycles. The molecule has 1 aromatic heterocycles. The maximum Gasteiger partial charge on any atom is 0.352 e. The zero-order valence-corrected chi connectivity index (χ0v) is 14.7. The SMILES string of the molecule is CCN(C(=O)Cc1c(C(=O)O)[nH]c2ccc(Cl)cc12)c1ccccc1F. The normalized spacial score (nSPS) is 10.9. The van der Waals surface area contributed by atoms with Crippen molar-refractivity contribution in [2.75, 3.05) is 11.4 Å². The average molecular weight is 375 g/mol. The van der Waals surface area contributed by atoms with Crippen molar-refractivity contribution in [2.24, 2.45) is 0 Å². The lowest BCUT2D eigenvalue weighted by Crippen LogP contribution is -2.33. The van der Waals surface area contributed by atoms with E-state index in [2.05, 4.69) is 4.98 Å². The zero-order valence-electron chi connectivity index (χ0n) is 13.9. The van der Waals surface area contributed by atoms with E-state index >= 15 is 0 Å². The molecule has 5 nitrogen and oxygen atoms in total. The molecule has 0 saturated carbocycles. The Labute approximate surface area is 154 Å². The van der Waals surface area contributed by atoms with Crippen LogP contribution in [0.25, 0.3) is 10.9 Å². The van der Waals surface area contributed by atoms with Gasteiger partial charge in [0.2, 0.25) is 5.91 Å². The average Bonchev–Trinajstić information content (AvgIpc) is 2.95. The summed E-state index contributed by atoms with van der Waals surface area (Å²) in [4.78, 5) is 28.5. The number of anilines is 1. The summed E-state index contributed by atoms with van der Waals surface area (Å²) in [6, 6.07) is 10.9. The van der Waals surface area contributed by atoms with E-state index in [-0.39, 0.29) is 24.3 Å². The van der Waals surface area contributed by atoms with E-state index < -0.39 is 17.7 Å². The Hall–Kier alpha value is -2.86. The summed E-state index contributed by atoms with van der Waals surface area (Å²) in [6.45, 7) is 1.99. The quantitative estimate of drug-likeness (QED) is 0.701. The largest absolute Gasteiger partial charge is 0.477 e. The number of aromatic nitrogens is 1. The summed E-state index contributed by atoms with van der Waals surface area (Å²) in [5.41, 5.74) is 0.994. The summed E-state index contributed by atoms with van der Waals surface area (Å²) in [6.07, 6.45) is -0.190. The number of halogens is 2. The third-order valence-electron chi connectivity index (χ3n) is 4.17. The van der Waals surface area contributed by atoms with E-state index in [1.54, 1.807) is 37.3 Å². The molecule has 7 heteroatoms. The van der Waals surface area contributed by atoms with Gasteiger partial charge in [-0.3, -0.25) is 4.79 Å². The highest BCUT2D eigenvalue weighted by molar-refractivity contribution is 6.31. The minimum Gasteiger partial charge on any atom is -0.477 e. The molecule has 1 amide bonds. The molecule has 3 aromatic rings. The predicted octanol–water partition coefficient (Wildman–Crippen LogP) is 4.25. The van der Waals surface area contributed by atoms with Crippen LogP contribution in [-0.2, 0) is 11.2 Å². The van der Waals surface area contributed by atoms with E-state index in [9.17, 15) is 19.1 Å². The van der Waals surface area contributed by atoms with Gasteiger partial charge in [-0.1, -0.05) is 23.7 Å². The van der Waals surface area contributed by atoms with Crippen molar-refractivity contribution in [3.8, 4) is 0 Å². The number of rotatable bonds is 5. The van der Waals surface area contributed by atoms with Gasteiger partial charge in [0.1, 0.15) is 11.5 Å². The molecule has 0 aliphatic carbocycles. The molecule has 0 spiro atoms. The molecule has 0 aliphatic heterocycles. The lowest BCUT2D eigenvalue weighted by atomic mass is 10.1. The van der Waals surface area contributed by atoms with Gasteiger partial charge in [-0.15, -0.1) is 0 Å². The molecule has 26 heavy (non-hydrogen) atoms. The van der Waals surface area contributed by atoms with Crippen molar-refractivity contribution < 1.29 is 19.1 Å². The van der Waals surface area contributed by atoms with Crippen LogP contribution in [0.3, 0.4) is 0 Å². The molecule has 0 saturated heterocycles. The number of carboxylic acid groups (broad SMARTS) is 1. The van der Waals surface area contributed by atoms with Crippen molar-refractivity contribution in [2.45, 2.75) is 13.3 Å². The van der Waals surface area contributed by atoms with Crippen LogP contribution in [-0.4, -0.2) is 28.5 Å². The Morgan fingerprint density at radius 3 is 2.62 bits per heavy atom. The van der Waals surface area contributed by atoms with Crippen LogP contribution in [0.2, 0.25) is 5.02 Å². The minimum atomic E-state index is -1.17. The van der Waals surface area contributed by atoms with Crippen molar-refractivity contribution in [3.05, 3.63) is 64.6 Å². The molecule has 2 aromatic carbocycles. The van der Waals surface area contributed by atoms with Gasteiger partial charge in [-0.05, 0) is 37.3 Å². The summed E-state index contributed by atoms with van der Waals surface area (Å²) in [7, 11) is 0. The van der Waals surface area contributed by atoms with Gasteiger partial charge < -0.3 is 15.0 Å². The predicted molar refractivity (Wildman–Crippen MR) is 98.4 cm³/mol. The molecular weight excluding hydrogens is 359 g/mol. The lowest BCUT2D eigenvalue weighted by molar-refractivity contribution is -0.117. The number of carboxylic acids is 1.